The summed E-state index contributed by atoms with van der Waals surface area (Å²) in [5, 5.41) is 34.7. The number of allylic oxidation sites excluding steroid dienone is 3. The number of nitrogens with one attached hydrogen (secondary N) is 3. The highest BCUT2D eigenvalue weighted by Gasteiger charge is 2.41. The molecule has 3 aliphatic heterocycles. The van der Waals surface area contributed by atoms with E-state index in [1.807, 2.05) is 40.7 Å². The summed E-state index contributed by atoms with van der Waals surface area (Å²) < 4.78 is 0. The SMILES string of the molecule is CCC1=C(C)/C(=C/C2=NC(Cc3[nH]c(CC4NC(=O)[C@H](CO)[C@H]4CC)c(C)c3CCC(=O)O)C(CCC(=O)O)=C2C)NC1=O. The van der Waals surface area contributed by atoms with Gasteiger partial charge in [0.2, 0.25) is 5.91 Å². The number of aromatic amines is 1. The third-order valence-corrected chi connectivity index (χ3v) is 9.53. The van der Waals surface area contributed by atoms with Crippen LogP contribution in [0.1, 0.15) is 82.3 Å². The van der Waals surface area contributed by atoms with Crippen LogP contribution < -0.4 is 10.6 Å². The number of aliphatic hydroxyl groups excluding tert-OH is 1. The number of H-pyrrole nitrogens is 1. The summed E-state index contributed by atoms with van der Waals surface area (Å²) in [5.74, 6) is -2.56. The highest BCUT2D eigenvalue weighted by molar-refractivity contribution is 6.12. The Hall–Kier alpha value is -3.99. The largest absolute Gasteiger partial charge is 0.481 e. The number of aliphatic imine (C=N–C) groups is 1. The van der Waals surface area contributed by atoms with E-state index in [0.29, 0.717) is 43.5 Å². The zero-order chi connectivity index (χ0) is 32.3. The van der Waals surface area contributed by atoms with Crippen molar-refractivity contribution in [2.75, 3.05) is 6.61 Å². The van der Waals surface area contributed by atoms with Crippen LogP contribution >= 0.6 is 0 Å². The molecule has 11 nitrogen and oxygen atoms in total. The van der Waals surface area contributed by atoms with E-state index < -0.39 is 17.9 Å². The number of rotatable bonds is 14. The third kappa shape index (κ3) is 6.72. The smallest absolute Gasteiger partial charge is 0.303 e. The van der Waals surface area contributed by atoms with Gasteiger partial charge < -0.3 is 30.9 Å². The minimum Gasteiger partial charge on any atom is -0.481 e. The first-order chi connectivity index (χ1) is 20.9. The molecule has 44 heavy (non-hydrogen) atoms. The van der Waals surface area contributed by atoms with Crippen LogP contribution in [0.3, 0.4) is 0 Å². The second-order valence-electron chi connectivity index (χ2n) is 12.0. The Balaban J connectivity index is 1.69. The second kappa shape index (κ2) is 13.8. The fraction of sp³-hybridized carbons (Fsp3) is 0.545. The first-order valence-corrected chi connectivity index (χ1v) is 15.4. The molecule has 3 aliphatic rings. The van der Waals surface area contributed by atoms with E-state index in [1.165, 1.54) is 0 Å². The van der Waals surface area contributed by atoms with E-state index in [2.05, 4.69) is 15.6 Å². The van der Waals surface area contributed by atoms with Gasteiger partial charge in [-0.05, 0) is 79.9 Å². The summed E-state index contributed by atoms with van der Waals surface area (Å²) in [6.07, 6.45) is 4.67. The van der Waals surface area contributed by atoms with Gasteiger partial charge in [0, 0.05) is 54.4 Å². The molecule has 2 unspecified atom stereocenters. The lowest BCUT2D eigenvalue weighted by atomic mass is 9.86. The van der Waals surface area contributed by atoms with Gasteiger partial charge in [0.15, 0.2) is 0 Å². The van der Waals surface area contributed by atoms with Gasteiger partial charge in [-0.1, -0.05) is 20.3 Å². The first kappa shape index (κ1) is 32.9. The number of carbonyl (C=O) groups excluding carboxylic acids is 2. The normalized spacial score (nSPS) is 24.4. The van der Waals surface area contributed by atoms with E-state index >= 15 is 0 Å². The predicted molar refractivity (Wildman–Crippen MR) is 165 cm³/mol. The Morgan fingerprint density at radius 3 is 2.23 bits per heavy atom. The monoisotopic (exact) mass is 608 g/mol. The highest BCUT2D eigenvalue weighted by atomic mass is 16.4. The molecule has 0 radical (unpaired) electrons. The molecule has 4 atom stereocenters. The minimum absolute atomic E-state index is 0.0221. The lowest BCUT2D eigenvalue weighted by molar-refractivity contribution is -0.138. The van der Waals surface area contributed by atoms with Crippen molar-refractivity contribution < 1.29 is 34.5 Å². The van der Waals surface area contributed by atoms with Crippen LogP contribution in [-0.4, -0.2) is 68.5 Å². The molecule has 1 saturated heterocycles. The summed E-state index contributed by atoms with van der Waals surface area (Å²) >= 11 is 0. The van der Waals surface area contributed by atoms with Crippen LogP contribution in [0.2, 0.25) is 0 Å². The molecule has 11 heteroatoms. The number of carboxylic acid groups (broad SMARTS) is 2. The Kier molecular flexibility index (Phi) is 10.3. The predicted octanol–water partition coefficient (Wildman–Crippen LogP) is 3.30. The maximum atomic E-state index is 12.5. The van der Waals surface area contributed by atoms with Gasteiger partial charge in [0.25, 0.3) is 5.91 Å². The number of carbonyl (C=O) groups is 4. The summed E-state index contributed by atoms with van der Waals surface area (Å²) in [6.45, 7) is 9.50. The van der Waals surface area contributed by atoms with E-state index in [1.54, 1.807) is 0 Å². The standard InChI is InChI=1S/C33H44N4O7/c1-6-19-16(3)26(36-32(19)43)12-24-17(4)21(8-10-30(39)40)28(34-24)14-29-22(9-11-31(41)42)18(5)25(35-29)13-27-20(7-2)23(15-38)33(44)37-27/h12,20,23,27-28,35,38H,6-11,13-15H2,1-5H3,(H,36,43)(H,37,44)(H,39,40)(H,41,42)/b26-12-/t20-,23-,27?,28?/m1/s1. The molecule has 1 aromatic heterocycles. The third-order valence-electron chi connectivity index (χ3n) is 9.53. The number of aromatic nitrogens is 1. The van der Waals surface area contributed by atoms with Crippen LogP contribution in [-0.2, 0) is 38.4 Å². The number of hydrogen-bond acceptors (Lipinski definition) is 6. The van der Waals surface area contributed by atoms with Crippen LogP contribution in [0.4, 0.5) is 0 Å². The van der Waals surface area contributed by atoms with E-state index in [4.69, 9.17) is 4.99 Å². The van der Waals surface area contributed by atoms with E-state index in [0.717, 1.165) is 51.2 Å². The fourth-order valence-electron chi connectivity index (χ4n) is 6.98. The van der Waals surface area contributed by atoms with Crippen molar-refractivity contribution in [2.45, 2.75) is 98.1 Å². The van der Waals surface area contributed by atoms with Crippen LogP contribution in [0, 0.1) is 18.8 Å². The van der Waals surface area contributed by atoms with Crippen molar-refractivity contribution in [3.8, 4) is 0 Å². The van der Waals surface area contributed by atoms with E-state index in [9.17, 15) is 34.5 Å². The molecule has 238 valence electrons. The summed E-state index contributed by atoms with van der Waals surface area (Å²) in [5.41, 5.74) is 8.34. The fourth-order valence-corrected chi connectivity index (χ4v) is 6.98. The Bertz CT molecular complexity index is 1480. The highest BCUT2D eigenvalue weighted by Crippen LogP contribution is 2.34. The molecular weight excluding hydrogens is 564 g/mol. The van der Waals surface area contributed by atoms with Crippen LogP contribution in [0.15, 0.2) is 39.1 Å². The van der Waals surface area contributed by atoms with Crippen molar-refractivity contribution in [1.29, 1.82) is 0 Å². The molecule has 0 spiro atoms. The molecule has 4 rings (SSSR count). The molecule has 1 aromatic rings. The maximum absolute atomic E-state index is 12.5. The average Bonchev–Trinajstić information content (AvgIpc) is 3.62. The quantitative estimate of drug-likeness (QED) is 0.187. The summed E-state index contributed by atoms with van der Waals surface area (Å²) in [7, 11) is 0. The summed E-state index contributed by atoms with van der Waals surface area (Å²) in [4.78, 5) is 56.6. The molecule has 6 N–H and O–H groups in total. The number of aliphatic carboxylic acids is 2. The van der Waals surface area contributed by atoms with Gasteiger partial charge in [-0.25, -0.2) is 0 Å². The average molecular weight is 609 g/mol. The van der Waals surface area contributed by atoms with Crippen molar-refractivity contribution in [3.63, 3.8) is 0 Å². The van der Waals surface area contributed by atoms with Gasteiger partial charge in [0.1, 0.15) is 0 Å². The Morgan fingerprint density at radius 2 is 1.64 bits per heavy atom. The molecule has 0 saturated carbocycles. The molecule has 0 aliphatic carbocycles. The van der Waals surface area contributed by atoms with Gasteiger partial charge in [-0.15, -0.1) is 0 Å². The number of carboxylic acids is 2. The van der Waals surface area contributed by atoms with Crippen molar-refractivity contribution in [2.24, 2.45) is 16.8 Å². The summed E-state index contributed by atoms with van der Waals surface area (Å²) in [6, 6.07) is -0.528. The number of amides is 2. The van der Waals surface area contributed by atoms with Gasteiger partial charge in [-0.3, -0.25) is 24.2 Å². The zero-order valence-corrected chi connectivity index (χ0v) is 26.2. The number of hydrogen-bond donors (Lipinski definition) is 6. The van der Waals surface area contributed by atoms with Crippen LogP contribution in [0.25, 0.3) is 0 Å². The van der Waals surface area contributed by atoms with Crippen LogP contribution in [0.5, 0.6) is 0 Å². The zero-order valence-electron chi connectivity index (χ0n) is 26.2. The molecule has 1 fully saturated rings. The topological polar surface area (TPSA) is 181 Å². The van der Waals surface area contributed by atoms with Crippen molar-refractivity contribution >= 4 is 29.5 Å². The number of nitrogens with zero attached hydrogens (tertiary/aromatic N) is 1. The second-order valence-corrected chi connectivity index (χ2v) is 12.0. The minimum atomic E-state index is -0.907. The lowest BCUT2D eigenvalue weighted by Gasteiger charge is -2.20. The molecule has 0 bridgehead atoms. The van der Waals surface area contributed by atoms with Gasteiger partial charge in [-0.2, -0.15) is 0 Å². The molecule has 0 aromatic carbocycles. The molecule has 2 amide bonds. The van der Waals surface area contributed by atoms with Crippen molar-refractivity contribution in [3.05, 3.63) is 56.6 Å². The Morgan fingerprint density at radius 1 is 0.955 bits per heavy atom. The number of aliphatic hydroxyl groups is 1. The van der Waals surface area contributed by atoms with E-state index in [-0.39, 0.29) is 49.3 Å². The first-order valence-electron chi connectivity index (χ1n) is 15.4. The molecule has 4 heterocycles. The Labute approximate surface area is 257 Å². The van der Waals surface area contributed by atoms with Gasteiger partial charge in [0.05, 0.1) is 24.3 Å². The lowest BCUT2D eigenvalue weighted by Crippen LogP contribution is -2.31. The maximum Gasteiger partial charge on any atom is 0.303 e. The van der Waals surface area contributed by atoms with Crippen molar-refractivity contribution in [1.82, 2.24) is 15.6 Å². The molecular formula is C33H44N4O7. The van der Waals surface area contributed by atoms with Gasteiger partial charge >= 0.3 is 11.9 Å².